The van der Waals surface area contributed by atoms with Gasteiger partial charge in [-0.05, 0) is 6.07 Å². The lowest BCUT2D eigenvalue weighted by atomic mass is 10.2. The maximum absolute atomic E-state index is 13.6. The molecule has 0 spiro atoms. The van der Waals surface area contributed by atoms with Gasteiger partial charge in [0.25, 0.3) is 0 Å². The van der Waals surface area contributed by atoms with Gasteiger partial charge < -0.3 is 15.7 Å². The van der Waals surface area contributed by atoms with Gasteiger partial charge in [-0.3, -0.25) is 4.90 Å². The quantitative estimate of drug-likeness (QED) is 0.329. The van der Waals surface area contributed by atoms with Gasteiger partial charge in [-0.2, -0.15) is 0 Å². The molecule has 0 saturated heterocycles. The molecule has 0 aliphatic heterocycles. The number of rotatable bonds is 8. The van der Waals surface area contributed by atoms with Crippen LogP contribution in [-0.4, -0.2) is 42.7 Å². The van der Waals surface area contributed by atoms with Crippen LogP contribution in [0.15, 0.2) is 23.4 Å². The summed E-state index contributed by atoms with van der Waals surface area (Å²) >= 11 is 0. The highest BCUT2D eigenvalue weighted by Gasteiger charge is 2.11. The molecule has 1 aromatic carbocycles. The molecule has 20 heavy (non-hydrogen) atoms. The highest BCUT2D eigenvalue weighted by molar-refractivity contribution is 5.79. The monoisotopic (exact) mass is 287 g/mol. The minimum atomic E-state index is -0.605. The molecule has 1 rings (SSSR count). The normalized spacial score (nSPS) is 12.1. The van der Waals surface area contributed by atoms with Crippen molar-refractivity contribution >= 4 is 5.84 Å². The number of hydrogen-bond acceptors (Lipinski definition) is 4. The lowest BCUT2D eigenvalue weighted by molar-refractivity contribution is 0.145. The first-order chi connectivity index (χ1) is 9.56. The van der Waals surface area contributed by atoms with E-state index in [-0.39, 0.29) is 5.84 Å². The Labute approximate surface area is 116 Å². The molecule has 0 heterocycles. The first-order valence-corrected chi connectivity index (χ1v) is 6.18. The van der Waals surface area contributed by atoms with Crippen molar-refractivity contribution in [1.82, 2.24) is 4.90 Å². The summed E-state index contributed by atoms with van der Waals surface area (Å²) in [4.78, 5) is 1.89. The number of amidine groups is 1. The van der Waals surface area contributed by atoms with E-state index in [2.05, 4.69) is 5.16 Å². The van der Waals surface area contributed by atoms with Crippen LogP contribution in [0.25, 0.3) is 0 Å². The second kappa shape index (κ2) is 8.44. The fraction of sp³-hybridized carbons (Fsp3) is 0.462. The summed E-state index contributed by atoms with van der Waals surface area (Å²) in [7, 11) is 1.57. The maximum atomic E-state index is 13.6. The van der Waals surface area contributed by atoms with Crippen LogP contribution in [0.1, 0.15) is 12.0 Å². The van der Waals surface area contributed by atoms with Crippen LogP contribution < -0.4 is 5.73 Å². The molecule has 0 aliphatic rings. The second-order valence-electron chi connectivity index (χ2n) is 4.35. The topological polar surface area (TPSA) is 71.1 Å². The van der Waals surface area contributed by atoms with Crippen LogP contribution in [0, 0.1) is 11.6 Å². The van der Waals surface area contributed by atoms with Crippen molar-refractivity contribution < 1.29 is 18.7 Å². The van der Waals surface area contributed by atoms with E-state index in [4.69, 9.17) is 15.7 Å². The predicted molar refractivity (Wildman–Crippen MR) is 71.5 cm³/mol. The van der Waals surface area contributed by atoms with Crippen LogP contribution in [0.3, 0.4) is 0 Å². The molecule has 7 heteroatoms. The molecular weight excluding hydrogens is 268 g/mol. The Hall–Kier alpha value is -1.73. The third-order valence-electron chi connectivity index (χ3n) is 2.83. The van der Waals surface area contributed by atoms with Crippen molar-refractivity contribution in [1.29, 1.82) is 0 Å². The Morgan fingerprint density at radius 3 is 2.75 bits per heavy atom. The van der Waals surface area contributed by atoms with Gasteiger partial charge in [0.05, 0.1) is 6.61 Å². The van der Waals surface area contributed by atoms with E-state index in [1.54, 1.807) is 7.11 Å². The molecule has 0 radical (unpaired) electrons. The third-order valence-corrected chi connectivity index (χ3v) is 2.83. The molecule has 3 N–H and O–H groups in total. The summed E-state index contributed by atoms with van der Waals surface area (Å²) < 4.78 is 31.5. The summed E-state index contributed by atoms with van der Waals surface area (Å²) in [6.45, 7) is 1.81. The molecule has 0 aliphatic carbocycles. The van der Waals surface area contributed by atoms with Crippen LogP contribution in [-0.2, 0) is 11.3 Å². The largest absolute Gasteiger partial charge is 0.409 e. The number of hydrogen-bond donors (Lipinski definition) is 2. The van der Waals surface area contributed by atoms with Crippen molar-refractivity contribution in [2.45, 2.75) is 13.0 Å². The third kappa shape index (κ3) is 5.50. The summed E-state index contributed by atoms with van der Waals surface area (Å²) in [5.41, 5.74) is 5.80. The lowest BCUT2D eigenvalue weighted by Gasteiger charge is -2.22. The first-order valence-electron chi connectivity index (χ1n) is 6.18. The van der Waals surface area contributed by atoms with Gasteiger partial charge in [0.15, 0.2) is 0 Å². The number of methoxy groups -OCH3 is 1. The number of halogens is 2. The standard InChI is InChI=1S/C13H19F2N3O2/c1-20-7-6-18(5-4-13(16)17-19)9-10-2-3-11(14)8-12(10)15/h2-3,8,19H,4-7,9H2,1H3,(H2,16,17). The highest BCUT2D eigenvalue weighted by atomic mass is 19.1. The molecular formula is C13H19F2N3O2. The van der Waals surface area contributed by atoms with Crippen LogP contribution >= 0.6 is 0 Å². The van der Waals surface area contributed by atoms with E-state index in [9.17, 15) is 8.78 Å². The van der Waals surface area contributed by atoms with Crippen molar-refractivity contribution in [2.24, 2.45) is 10.9 Å². The van der Waals surface area contributed by atoms with Gasteiger partial charge in [0.1, 0.15) is 17.5 Å². The van der Waals surface area contributed by atoms with Gasteiger partial charge in [0, 0.05) is 44.8 Å². The number of oxime groups is 1. The maximum Gasteiger partial charge on any atom is 0.140 e. The molecule has 1 aromatic rings. The predicted octanol–water partition coefficient (Wildman–Crippen LogP) is 1.55. The molecule has 0 fully saturated rings. The highest BCUT2D eigenvalue weighted by Crippen LogP contribution is 2.12. The molecule has 0 unspecified atom stereocenters. The zero-order valence-corrected chi connectivity index (χ0v) is 11.4. The first kappa shape index (κ1) is 16.3. The van der Waals surface area contributed by atoms with Crippen LogP contribution in [0.5, 0.6) is 0 Å². The second-order valence-corrected chi connectivity index (χ2v) is 4.35. The van der Waals surface area contributed by atoms with E-state index < -0.39 is 11.6 Å². The smallest absolute Gasteiger partial charge is 0.140 e. The Morgan fingerprint density at radius 1 is 1.40 bits per heavy atom. The number of nitrogens with zero attached hydrogens (tertiary/aromatic N) is 2. The molecule has 112 valence electrons. The fourth-order valence-electron chi connectivity index (χ4n) is 1.70. The average Bonchev–Trinajstić information content (AvgIpc) is 2.43. The van der Waals surface area contributed by atoms with Gasteiger partial charge in [0.2, 0.25) is 0 Å². The number of nitrogens with two attached hydrogens (primary N) is 1. The Kier molecular flexibility index (Phi) is 6.89. The van der Waals surface area contributed by atoms with Gasteiger partial charge >= 0.3 is 0 Å². The average molecular weight is 287 g/mol. The van der Waals surface area contributed by atoms with Gasteiger partial charge in [-0.15, -0.1) is 0 Å². The molecule has 5 nitrogen and oxygen atoms in total. The van der Waals surface area contributed by atoms with E-state index >= 15 is 0 Å². The van der Waals surface area contributed by atoms with Crippen molar-refractivity contribution in [3.05, 3.63) is 35.4 Å². The van der Waals surface area contributed by atoms with Crippen molar-refractivity contribution in [2.75, 3.05) is 26.8 Å². The molecule has 0 atom stereocenters. The van der Waals surface area contributed by atoms with E-state index in [0.717, 1.165) is 6.07 Å². The number of benzene rings is 1. The Morgan fingerprint density at radius 2 is 2.15 bits per heavy atom. The molecule has 0 amide bonds. The minimum Gasteiger partial charge on any atom is -0.409 e. The van der Waals surface area contributed by atoms with Crippen LogP contribution in [0.2, 0.25) is 0 Å². The molecule has 0 aromatic heterocycles. The van der Waals surface area contributed by atoms with E-state index in [1.807, 2.05) is 4.90 Å². The lowest BCUT2D eigenvalue weighted by Crippen LogP contribution is -2.31. The summed E-state index contributed by atoms with van der Waals surface area (Å²) in [6, 6.07) is 3.48. The Bertz CT molecular complexity index is 455. The van der Waals surface area contributed by atoms with Crippen molar-refractivity contribution in [3.63, 3.8) is 0 Å². The zero-order valence-electron chi connectivity index (χ0n) is 11.4. The van der Waals surface area contributed by atoms with Crippen molar-refractivity contribution in [3.8, 4) is 0 Å². The van der Waals surface area contributed by atoms with E-state index in [0.29, 0.717) is 38.2 Å². The van der Waals surface area contributed by atoms with Crippen LogP contribution in [0.4, 0.5) is 8.78 Å². The van der Waals surface area contributed by atoms with E-state index in [1.165, 1.54) is 12.1 Å². The summed E-state index contributed by atoms with van der Waals surface area (Å²) in [5.74, 6) is -1.09. The number of ether oxygens (including phenoxy) is 1. The summed E-state index contributed by atoms with van der Waals surface area (Å²) in [6.07, 6.45) is 0.350. The zero-order chi connectivity index (χ0) is 15.0. The Balaban J connectivity index is 2.67. The minimum absolute atomic E-state index is 0.104. The van der Waals surface area contributed by atoms with Gasteiger partial charge in [-0.25, -0.2) is 8.78 Å². The summed E-state index contributed by atoms with van der Waals surface area (Å²) in [5, 5.41) is 11.4. The SMILES string of the molecule is COCCN(CCC(N)=NO)Cc1ccc(F)cc1F. The molecule has 0 bridgehead atoms. The fourth-order valence-corrected chi connectivity index (χ4v) is 1.70. The van der Waals surface area contributed by atoms with Gasteiger partial charge in [-0.1, -0.05) is 11.2 Å². The molecule has 0 saturated carbocycles.